The van der Waals surface area contributed by atoms with E-state index in [1.165, 1.54) is 30.7 Å². The lowest BCUT2D eigenvalue weighted by atomic mass is 9.99. The molecule has 5 nitrogen and oxygen atoms in total. The number of fused-ring (bicyclic) bond motifs is 2. The number of hydrogen-bond donors (Lipinski definition) is 2. The van der Waals surface area contributed by atoms with Crippen molar-refractivity contribution in [2.75, 3.05) is 63.6 Å². The zero-order valence-electron chi connectivity index (χ0n) is 20.4. The Labute approximate surface area is 227 Å². The van der Waals surface area contributed by atoms with Crippen LogP contribution in [0.5, 0.6) is 0 Å². The highest BCUT2D eigenvalue weighted by molar-refractivity contribution is 7.99. The van der Waals surface area contributed by atoms with E-state index in [1.807, 2.05) is 19.0 Å². The van der Waals surface area contributed by atoms with Gasteiger partial charge in [-0.25, -0.2) is 0 Å². The Morgan fingerprint density at radius 3 is 2.44 bits per heavy atom. The van der Waals surface area contributed by atoms with E-state index in [4.69, 9.17) is 0 Å². The van der Waals surface area contributed by atoms with Crippen LogP contribution in [0.25, 0.3) is 0 Å². The van der Waals surface area contributed by atoms with Crippen molar-refractivity contribution in [2.24, 2.45) is 0 Å². The molecule has 2 heterocycles. The van der Waals surface area contributed by atoms with Crippen LogP contribution in [0.2, 0.25) is 0 Å². The number of alkyl halides is 3. The molecule has 0 unspecified atom stereocenters. The van der Waals surface area contributed by atoms with E-state index >= 15 is 0 Å². The SMILES string of the molecule is CN(C)CCNCC(=O)CNc1cc(C(F)(F)F)cc2c1Cc1ccc(N3CCCC3)cc1S2.Cl.Cl. The zero-order chi connectivity index (χ0) is 24.3. The van der Waals surface area contributed by atoms with Crippen molar-refractivity contribution in [1.82, 2.24) is 10.2 Å². The molecule has 0 spiro atoms. The third-order valence-electron chi connectivity index (χ3n) is 6.18. The molecule has 2 aliphatic rings. The largest absolute Gasteiger partial charge is 0.416 e. The summed E-state index contributed by atoms with van der Waals surface area (Å²) in [6, 6.07) is 8.66. The number of anilines is 2. The Morgan fingerprint density at radius 1 is 1.06 bits per heavy atom. The van der Waals surface area contributed by atoms with Crippen LogP contribution < -0.4 is 15.5 Å². The maximum Gasteiger partial charge on any atom is 0.416 e. The average molecular weight is 566 g/mol. The Balaban J connectivity index is 0.00000228. The fourth-order valence-corrected chi connectivity index (χ4v) is 5.47. The number of carbonyl (C=O) groups is 1. The molecule has 0 aromatic heterocycles. The Hall–Kier alpha value is -1.65. The molecule has 1 fully saturated rings. The molecule has 0 bridgehead atoms. The van der Waals surface area contributed by atoms with E-state index in [0.717, 1.165) is 47.4 Å². The molecule has 36 heavy (non-hydrogen) atoms. The third kappa shape index (κ3) is 7.68. The fraction of sp³-hybridized carbons (Fsp3) is 0.480. The summed E-state index contributed by atoms with van der Waals surface area (Å²) in [5, 5.41) is 6.07. The second kappa shape index (κ2) is 13.2. The van der Waals surface area contributed by atoms with Gasteiger partial charge in [-0.15, -0.1) is 24.8 Å². The summed E-state index contributed by atoms with van der Waals surface area (Å²) in [5.74, 6) is -0.0935. The molecule has 4 rings (SSSR count). The molecule has 0 saturated carbocycles. The van der Waals surface area contributed by atoms with Crippen molar-refractivity contribution in [2.45, 2.75) is 35.2 Å². The molecule has 0 atom stereocenters. The van der Waals surface area contributed by atoms with E-state index in [1.54, 1.807) is 0 Å². The third-order valence-corrected chi connectivity index (χ3v) is 7.36. The topological polar surface area (TPSA) is 47.6 Å². The molecule has 1 saturated heterocycles. The highest BCUT2D eigenvalue weighted by Gasteiger charge is 2.33. The number of nitrogens with one attached hydrogen (secondary N) is 2. The maximum atomic E-state index is 13.6. The van der Waals surface area contributed by atoms with Gasteiger partial charge in [-0.05, 0) is 62.3 Å². The molecule has 0 amide bonds. The molecular formula is C25H33Cl2F3N4OS. The molecule has 2 aromatic rings. The first kappa shape index (κ1) is 30.6. The minimum Gasteiger partial charge on any atom is -0.378 e. The van der Waals surface area contributed by atoms with Crippen LogP contribution in [-0.4, -0.2) is 64.0 Å². The van der Waals surface area contributed by atoms with Gasteiger partial charge in [0.2, 0.25) is 0 Å². The summed E-state index contributed by atoms with van der Waals surface area (Å²) in [7, 11) is 3.90. The number of hydrogen-bond acceptors (Lipinski definition) is 6. The number of rotatable bonds is 9. The van der Waals surface area contributed by atoms with Crippen LogP contribution in [-0.2, 0) is 17.4 Å². The number of carbonyl (C=O) groups excluding carboxylic acids is 1. The van der Waals surface area contributed by atoms with E-state index in [-0.39, 0.29) is 43.7 Å². The van der Waals surface area contributed by atoms with Gasteiger partial charge >= 0.3 is 6.18 Å². The van der Waals surface area contributed by atoms with Gasteiger partial charge in [-0.3, -0.25) is 4.79 Å². The molecular weight excluding hydrogens is 532 g/mol. The van der Waals surface area contributed by atoms with Crippen LogP contribution in [0.1, 0.15) is 29.5 Å². The number of likely N-dealkylation sites (N-methyl/N-ethyl adjacent to an activating group) is 1. The normalized spacial score (nSPS) is 14.6. The smallest absolute Gasteiger partial charge is 0.378 e. The van der Waals surface area contributed by atoms with E-state index in [9.17, 15) is 18.0 Å². The van der Waals surface area contributed by atoms with E-state index in [0.29, 0.717) is 23.5 Å². The first-order chi connectivity index (χ1) is 16.2. The van der Waals surface area contributed by atoms with Gasteiger partial charge in [0.25, 0.3) is 0 Å². The van der Waals surface area contributed by atoms with Crippen molar-refractivity contribution in [3.8, 4) is 0 Å². The van der Waals surface area contributed by atoms with Crippen LogP contribution >= 0.6 is 36.6 Å². The van der Waals surface area contributed by atoms with Crippen molar-refractivity contribution in [3.05, 3.63) is 47.0 Å². The highest BCUT2D eigenvalue weighted by atomic mass is 35.5. The molecule has 2 N–H and O–H groups in total. The van der Waals surface area contributed by atoms with Crippen molar-refractivity contribution in [1.29, 1.82) is 0 Å². The lowest BCUT2D eigenvalue weighted by Gasteiger charge is -2.26. The Morgan fingerprint density at radius 2 is 1.78 bits per heavy atom. The minimum atomic E-state index is -4.46. The van der Waals surface area contributed by atoms with Crippen molar-refractivity contribution in [3.63, 3.8) is 0 Å². The van der Waals surface area contributed by atoms with Gasteiger partial charge in [0.15, 0.2) is 5.78 Å². The maximum absolute atomic E-state index is 13.6. The van der Waals surface area contributed by atoms with Crippen molar-refractivity contribution < 1.29 is 18.0 Å². The fourth-order valence-electron chi connectivity index (χ4n) is 4.29. The van der Waals surface area contributed by atoms with Gasteiger partial charge < -0.3 is 20.4 Å². The summed E-state index contributed by atoms with van der Waals surface area (Å²) in [6.07, 6.45) is -1.59. The molecule has 11 heteroatoms. The molecule has 2 aliphatic heterocycles. The van der Waals surface area contributed by atoms with Crippen LogP contribution in [0.3, 0.4) is 0 Å². The standard InChI is InChI=1S/C25H31F3N4OS.2ClH/c1-31(2)10-7-29-15-20(33)16-30-22-12-18(25(26,27)28)13-24-21(22)11-17-5-6-19(14-23(17)34-24)32-8-3-4-9-32;;/h5-6,12-14,29-30H,3-4,7-11,15-16H2,1-2H3;2*1H. The lowest BCUT2D eigenvalue weighted by Crippen LogP contribution is -2.33. The summed E-state index contributed by atoms with van der Waals surface area (Å²) < 4.78 is 40.9. The van der Waals surface area contributed by atoms with E-state index in [2.05, 4.69) is 33.7 Å². The van der Waals surface area contributed by atoms with Crippen LogP contribution in [0.15, 0.2) is 40.1 Å². The second-order valence-corrected chi connectivity index (χ2v) is 10.2. The van der Waals surface area contributed by atoms with Gasteiger partial charge in [0.1, 0.15) is 0 Å². The number of benzene rings is 2. The van der Waals surface area contributed by atoms with Gasteiger partial charge in [0, 0.05) is 53.8 Å². The summed E-state index contributed by atoms with van der Waals surface area (Å²) in [6.45, 7) is 3.67. The molecule has 2 aromatic carbocycles. The van der Waals surface area contributed by atoms with Crippen molar-refractivity contribution >= 4 is 53.7 Å². The number of ketones is 1. The lowest BCUT2D eigenvalue weighted by molar-refractivity contribution is -0.137. The minimum absolute atomic E-state index is 0. The number of nitrogens with zero attached hydrogens (tertiary/aromatic N) is 2. The summed E-state index contributed by atoms with van der Waals surface area (Å²) in [4.78, 5) is 18.2. The second-order valence-electron chi connectivity index (χ2n) is 9.14. The summed E-state index contributed by atoms with van der Waals surface area (Å²) >= 11 is 1.39. The predicted molar refractivity (Wildman–Crippen MR) is 146 cm³/mol. The predicted octanol–water partition coefficient (Wildman–Crippen LogP) is 5.34. The monoisotopic (exact) mass is 564 g/mol. The number of Topliss-reactive ketones (excluding diaryl/α,β-unsaturated/α-hetero) is 1. The quantitative estimate of drug-likeness (QED) is 0.342. The molecule has 0 aliphatic carbocycles. The molecule has 200 valence electrons. The van der Waals surface area contributed by atoms with Crippen LogP contribution in [0, 0.1) is 0 Å². The van der Waals surface area contributed by atoms with Gasteiger partial charge in [-0.1, -0.05) is 17.8 Å². The average Bonchev–Trinajstić information content (AvgIpc) is 3.32. The van der Waals surface area contributed by atoms with E-state index < -0.39 is 11.7 Å². The zero-order valence-corrected chi connectivity index (χ0v) is 22.9. The first-order valence-electron chi connectivity index (χ1n) is 11.6. The highest BCUT2D eigenvalue weighted by Crippen LogP contribution is 2.46. The summed E-state index contributed by atoms with van der Waals surface area (Å²) in [5.41, 5.74) is 2.72. The molecule has 0 radical (unpaired) electrons. The van der Waals surface area contributed by atoms with Gasteiger partial charge in [-0.2, -0.15) is 13.2 Å². The Bertz CT molecular complexity index is 1050. The number of halogens is 5. The van der Waals surface area contributed by atoms with Crippen LogP contribution in [0.4, 0.5) is 24.5 Å². The van der Waals surface area contributed by atoms with Gasteiger partial charge in [0.05, 0.1) is 18.7 Å². The first-order valence-corrected chi connectivity index (χ1v) is 12.4. The Kier molecular flexibility index (Phi) is 11.2.